The van der Waals surface area contributed by atoms with Gasteiger partial charge in [-0.1, -0.05) is 6.07 Å². The number of hydrogen-bond acceptors (Lipinski definition) is 5. The molecule has 2 rings (SSSR count). The van der Waals surface area contributed by atoms with Crippen molar-refractivity contribution in [3.05, 3.63) is 33.5 Å². The van der Waals surface area contributed by atoms with Gasteiger partial charge in [-0.15, -0.1) is 11.3 Å². The van der Waals surface area contributed by atoms with Crippen molar-refractivity contribution in [2.24, 2.45) is 0 Å². The molecule has 0 amide bonds. The number of aromatic amines is 1. The standard InChI is InChI=1S/C11H10N2O2S2/c1-6-8(10(14)15-2)9(13-11(16)12-6)7-4-3-5-17-7/h3-5H,1-2H3,(H,12,13,16). The number of methoxy groups -OCH3 is 1. The maximum Gasteiger partial charge on any atom is 0.341 e. The van der Waals surface area contributed by atoms with Gasteiger partial charge in [-0.2, -0.15) is 0 Å². The summed E-state index contributed by atoms with van der Waals surface area (Å²) >= 11 is 6.53. The number of hydrogen-bond donors (Lipinski definition) is 1. The number of esters is 1. The van der Waals surface area contributed by atoms with Crippen LogP contribution in [0.4, 0.5) is 0 Å². The van der Waals surface area contributed by atoms with Crippen LogP contribution in [-0.2, 0) is 4.74 Å². The third kappa shape index (κ3) is 2.27. The average Bonchev–Trinajstić information content (AvgIpc) is 2.80. The van der Waals surface area contributed by atoms with Gasteiger partial charge in [0.05, 0.1) is 17.7 Å². The van der Waals surface area contributed by atoms with E-state index in [0.717, 1.165) is 4.88 Å². The van der Waals surface area contributed by atoms with Crippen LogP contribution < -0.4 is 0 Å². The zero-order valence-electron chi connectivity index (χ0n) is 9.31. The highest BCUT2D eigenvalue weighted by Crippen LogP contribution is 2.27. The highest BCUT2D eigenvalue weighted by Gasteiger charge is 2.18. The fraction of sp³-hybridized carbons (Fsp3) is 0.182. The van der Waals surface area contributed by atoms with Gasteiger partial charge in [-0.05, 0) is 30.6 Å². The molecule has 0 radical (unpaired) electrons. The Hall–Kier alpha value is -1.53. The quantitative estimate of drug-likeness (QED) is 0.670. The van der Waals surface area contributed by atoms with Crippen LogP contribution in [0.1, 0.15) is 16.1 Å². The summed E-state index contributed by atoms with van der Waals surface area (Å²) in [6.07, 6.45) is 0. The van der Waals surface area contributed by atoms with Crippen molar-refractivity contribution in [2.45, 2.75) is 6.92 Å². The van der Waals surface area contributed by atoms with Crippen LogP contribution >= 0.6 is 23.6 Å². The lowest BCUT2D eigenvalue weighted by Crippen LogP contribution is -2.09. The van der Waals surface area contributed by atoms with Crippen LogP contribution in [-0.4, -0.2) is 23.0 Å². The van der Waals surface area contributed by atoms with Gasteiger partial charge in [-0.25, -0.2) is 9.78 Å². The molecular formula is C11H10N2O2S2. The number of carbonyl (C=O) groups is 1. The number of aryl methyl sites for hydroxylation is 1. The van der Waals surface area contributed by atoms with Gasteiger partial charge in [0.2, 0.25) is 0 Å². The molecule has 2 aromatic rings. The van der Waals surface area contributed by atoms with Crippen LogP contribution in [0.5, 0.6) is 0 Å². The second-order valence-corrected chi connectivity index (χ2v) is 4.69. The van der Waals surface area contributed by atoms with Crippen molar-refractivity contribution in [3.8, 4) is 10.6 Å². The van der Waals surface area contributed by atoms with E-state index in [0.29, 0.717) is 21.7 Å². The van der Waals surface area contributed by atoms with E-state index in [4.69, 9.17) is 17.0 Å². The molecule has 0 spiro atoms. The number of nitrogens with one attached hydrogen (secondary N) is 1. The largest absolute Gasteiger partial charge is 0.465 e. The third-order valence-electron chi connectivity index (χ3n) is 2.26. The Morgan fingerprint density at radius 1 is 1.59 bits per heavy atom. The minimum atomic E-state index is -0.412. The maximum atomic E-state index is 11.7. The van der Waals surface area contributed by atoms with E-state index in [1.807, 2.05) is 17.5 Å². The molecule has 0 atom stereocenters. The Bertz CT molecular complexity index is 602. The van der Waals surface area contributed by atoms with Gasteiger partial charge in [-0.3, -0.25) is 0 Å². The molecule has 0 aliphatic carbocycles. The van der Waals surface area contributed by atoms with E-state index in [-0.39, 0.29) is 0 Å². The average molecular weight is 266 g/mol. The second-order valence-electron chi connectivity index (χ2n) is 3.36. The first-order valence-electron chi connectivity index (χ1n) is 4.86. The van der Waals surface area contributed by atoms with Crippen molar-refractivity contribution < 1.29 is 9.53 Å². The van der Waals surface area contributed by atoms with E-state index in [9.17, 15) is 4.79 Å². The Morgan fingerprint density at radius 2 is 2.35 bits per heavy atom. The number of aromatic nitrogens is 2. The predicted octanol–water partition coefficient (Wildman–Crippen LogP) is 2.96. The van der Waals surface area contributed by atoms with Crippen LogP contribution in [0.25, 0.3) is 10.6 Å². The molecule has 2 aromatic heterocycles. The fourth-order valence-corrected chi connectivity index (χ4v) is 2.49. The van der Waals surface area contributed by atoms with Gasteiger partial charge in [0, 0.05) is 5.69 Å². The Labute approximate surface area is 107 Å². The van der Waals surface area contributed by atoms with E-state index in [1.54, 1.807) is 6.92 Å². The molecule has 0 saturated carbocycles. The number of ether oxygens (including phenoxy) is 1. The minimum Gasteiger partial charge on any atom is -0.465 e. The zero-order valence-corrected chi connectivity index (χ0v) is 10.9. The molecule has 0 unspecified atom stereocenters. The molecule has 0 bridgehead atoms. The highest BCUT2D eigenvalue weighted by molar-refractivity contribution is 7.71. The molecule has 0 fully saturated rings. The molecule has 0 aliphatic heterocycles. The summed E-state index contributed by atoms with van der Waals surface area (Å²) in [5, 5.41) is 1.92. The second kappa shape index (κ2) is 4.77. The fourth-order valence-electron chi connectivity index (χ4n) is 1.53. The van der Waals surface area contributed by atoms with Gasteiger partial charge in [0.15, 0.2) is 4.77 Å². The summed E-state index contributed by atoms with van der Waals surface area (Å²) in [7, 11) is 1.35. The number of nitrogens with zero attached hydrogens (tertiary/aromatic N) is 1. The molecule has 1 N–H and O–H groups in total. The number of thiophene rings is 1. The topological polar surface area (TPSA) is 55.0 Å². The number of rotatable bonds is 2. The first-order valence-corrected chi connectivity index (χ1v) is 6.15. The summed E-state index contributed by atoms with van der Waals surface area (Å²) in [4.78, 5) is 19.7. The zero-order chi connectivity index (χ0) is 12.4. The van der Waals surface area contributed by atoms with Crippen molar-refractivity contribution in [2.75, 3.05) is 7.11 Å². The van der Waals surface area contributed by atoms with Gasteiger partial charge >= 0.3 is 5.97 Å². The summed E-state index contributed by atoms with van der Waals surface area (Å²) in [6.45, 7) is 1.78. The summed E-state index contributed by atoms with van der Waals surface area (Å²) in [6, 6.07) is 3.80. The lowest BCUT2D eigenvalue weighted by molar-refractivity contribution is 0.0600. The molecule has 2 heterocycles. The Kier molecular flexibility index (Phi) is 3.35. The Morgan fingerprint density at radius 3 is 2.94 bits per heavy atom. The lowest BCUT2D eigenvalue weighted by Gasteiger charge is -2.08. The van der Waals surface area contributed by atoms with Crippen molar-refractivity contribution in [3.63, 3.8) is 0 Å². The highest BCUT2D eigenvalue weighted by atomic mass is 32.1. The molecule has 17 heavy (non-hydrogen) atoms. The van der Waals surface area contributed by atoms with Crippen molar-refractivity contribution in [1.82, 2.24) is 9.97 Å². The van der Waals surface area contributed by atoms with Gasteiger partial charge < -0.3 is 9.72 Å². The van der Waals surface area contributed by atoms with Crippen LogP contribution in [0, 0.1) is 11.7 Å². The van der Waals surface area contributed by atoms with E-state index in [2.05, 4.69) is 9.97 Å². The molecule has 88 valence electrons. The van der Waals surface area contributed by atoms with Crippen LogP contribution in [0.15, 0.2) is 17.5 Å². The van der Waals surface area contributed by atoms with E-state index < -0.39 is 5.97 Å². The van der Waals surface area contributed by atoms with Crippen LogP contribution in [0.3, 0.4) is 0 Å². The summed E-state index contributed by atoms with van der Waals surface area (Å²) in [5.74, 6) is -0.412. The number of carbonyl (C=O) groups excluding carboxylic acids is 1. The Balaban J connectivity index is 2.72. The van der Waals surface area contributed by atoms with E-state index >= 15 is 0 Å². The molecule has 0 aliphatic rings. The summed E-state index contributed by atoms with van der Waals surface area (Å²) < 4.78 is 5.13. The molecule has 6 heteroatoms. The normalized spacial score (nSPS) is 10.2. The third-order valence-corrected chi connectivity index (χ3v) is 3.33. The number of H-pyrrole nitrogens is 1. The molecule has 0 saturated heterocycles. The van der Waals surface area contributed by atoms with Crippen molar-refractivity contribution in [1.29, 1.82) is 0 Å². The van der Waals surface area contributed by atoms with E-state index in [1.165, 1.54) is 18.4 Å². The first kappa shape index (κ1) is 11.9. The SMILES string of the molecule is COC(=O)c1c(-c2cccs2)nc(=S)[nH]c1C. The monoisotopic (exact) mass is 266 g/mol. The minimum absolute atomic E-state index is 0.360. The van der Waals surface area contributed by atoms with Gasteiger partial charge in [0.1, 0.15) is 5.56 Å². The molecule has 0 aromatic carbocycles. The smallest absolute Gasteiger partial charge is 0.341 e. The molecular weight excluding hydrogens is 256 g/mol. The maximum absolute atomic E-state index is 11.7. The predicted molar refractivity (Wildman–Crippen MR) is 68.8 cm³/mol. The van der Waals surface area contributed by atoms with Gasteiger partial charge in [0.25, 0.3) is 0 Å². The lowest BCUT2D eigenvalue weighted by atomic mass is 10.1. The molecule has 4 nitrogen and oxygen atoms in total. The van der Waals surface area contributed by atoms with Crippen molar-refractivity contribution >= 4 is 29.5 Å². The van der Waals surface area contributed by atoms with Crippen LogP contribution in [0.2, 0.25) is 0 Å². The first-order chi connectivity index (χ1) is 8.13. The summed E-state index contributed by atoms with van der Waals surface area (Å²) in [5.41, 5.74) is 1.68.